The maximum Gasteiger partial charge on any atom is 0.453 e. The largest absolute Gasteiger partial charge is 0.457 e. The fourth-order valence-electron chi connectivity index (χ4n) is 4.67. The van der Waals surface area contributed by atoms with Crippen molar-refractivity contribution in [3.05, 3.63) is 59.7 Å². The van der Waals surface area contributed by atoms with Crippen LogP contribution in [0.25, 0.3) is 0 Å². The van der Waals surface area contributed by atoms with E-state index in [4.69, 9.17) is 16.3 Å². The normalized spacial score (nSPS) is 21.6. The maximum absolute atomic E-state index is 13.9. The molecule has 1 aliphatic carbocycles. The minimum Gasteiger partial charge on any atom is -0.457 e. The van der Waals surface area contributed by atoms with Crippen molar-refractivity contribution < 1.29 is 45.0 Å². The zero-order chi connectivity index (χ0) is 28.3. The third-order valence-corrected chi connectivity index (χ3v) is 7.09. The number of ether oxygens (including phenoxy) is 1. The molecule has 0 saturated heterocycles. The van der Waals surface area contributed by atoms with Crippen LogP contribution >= 0.6 is 11.6 Å². The topological polar surface area (TPSA) is 41.5 Å². The summed E-state index contributed by atoms with van der Waals surface area (Å²) in [6.07, 6.45) is -14.3. The molecule has 0 aliphatic heterocycles. The molecule has 212 valence electrons. The van der Waals surface area contributed by atoms with Crippen LogP contribution in [0, 0.1) is 11.8 Å². The van der Waals surface area contributed by atoms with E-state index in [0.717, 1.165) is 5.56 Å². The molecule has 0 bridgehead atoms. The van der Waals surface area contributed by atoms with Crippen molar-refractivity contribution in [1.82, 2.24) is 5.32 Å². The molecule has 2 aromatic carbocycles. The summed E-state index contributed by atoms with van der Waals surface area (Å²) in [7, 11) is 0. The van der Waals surface area contributed by atoms with Crippen molar-refractivity contribution in [2.24, 2.45) is 11.8 Å². The third-order valence-electron chi connectivity index (χ3n) is 6.84. The van der Waals surface area contributed by atoms with Gasteiger partial charge in [-0.15, -0.1) is 11.6 Å². The van der Waals surface area contributed by atoms with Crippen molar-refractivity contribution in [1.29, 1.82) is 0 Å². The standard InChI is InChI=1S/C26H28ClF8NO2/c1-15(27)16-7-11-20(12-8-16)38-21-4-2-3-18(13-21)23(36-14-22(37)25(30,31)32)17-5-9-19(10-6-17)24(28,29)26(33,34)35/h2-4,7-8,11-13,15,17,19,22-23,36-37H,5-6,9-10,14H2,1H3. The lowest BCUT2D eigenvalue weighted by atomic mass is 9.74. The van der Waals surface area contributed by atoms with Crippen molar-refractivity contribution in [3.63, 3.8) is 0 Å². The van der Waals surface area contributed by atoms with Crippen LogP contribution in [0.2, 0.25) is 0 Å². The molecular formula is C26H28ClF8NO2. The second kappa shape index (κ2) is 12.0. The average Bonchev–Trinajstić information content (AvgIpc) is 2.83. The van der Waals surface area contributed by atoms with Gasteiger partial charge in [-0.05, 0) is 73.9 Å². The number of aliphatic hydroxyl groups is 1. The van der Waals surface area contributed by atoms with Crippen LogP contribution in [0.1, 0.15) is 55.2 Å². The van der Waals surface area contributed by atoms with E-state index in [2.05, 4.69) is 5.32 Å². The number of benzene rings is 2. The molecular weight excluding hydrogens is 546 g/mol. The van der Waals surface area contributed by atoms with Gasteiger partial charge in [-0.2, -0.15) is 35.1 Å². The van der Waals surface area contributed by atoms with E-state index in [1.807, 2.05) is 6.92 Å². The van der Waals surface area contributed by atoms with Crippen LogP contribution < -0.4 is 10.1 Å². The Bertz CT molecular complexity index is 1030. The minimum atomic E-state index is -5.68. The molecule has 1 saturated carbocycles. The van der Waals surface area contributed by atoms with Gasteiger partial charge in [0.25, 0.3) is 0 Å². The molecule has 2 N–H and O–H groups in total. The summed E-state index contributed by atoms with van der Waals surface area (Å²) in [5.74, 6) is -6.49. The second-order valence-corrected chi connectivity index (χ2v) is 10.2. The Morgan fingerprint density at radius 2 is 1.50 bits per heavy atom. The van der Waals surface area contributed by atoms with Gasteiger partial charge in [0.15, 0.2) is 6.10 Å². The van der Waals surface area contributed by atoms with E-state index in [9.17, 15) is 40.2 Å². The summed E-state index contributed by atoms with van der Waals surface area (Å²) in [6, 6.07) is 12.4. The lowest BCUT2D eigenvalue weighted by molar-refractivity contribution is -0.306. The monoisotopic (exact) mass is 573 g/mol. The number of alkyl halides is 9. The Labute approximate surface area is 220 Å². The first-order valence-electron chi connectivity index (χ1n) is 12.0. The van der Waals surface area contributed by atoms with Gasteiger partial charge in [0.05, 0.1) is 5.38 Å². The highest BCUT2D eigenvalue weighted by Crippen LogP contribution is 2.49. The van der Waals surface area contributed by atoms with Crippen LogP contribution in [0.15, 0.2) is 48.5 Å². The van der Waals surface area contributed by atoms with Gasteiger partial charge in [-0.25, -0.2) is 0 Å². The summed E-state index contributed by atoms with van der Waals surface area (Å²) in [5.41, 5.74) is 1.32. The Kier molecular flexibility index (Phi) is 9.58. The van der Waals surface area contributed by atoms with Crippen molar-refractivity contribution in [3.8, 4) is 11.5 Å². The molecule has 3 atom stereocenters. The molecule has 0 amide bonds. The van der Waals surface area contributed by atoms with E-state index in [0.29, 0.717) is 17.1 Å². The average molecular weight is 574 g/mol. The zero-order valence-corrected chi connectivity index (χ0v) is 21.1. The van der Waals surface area contributed by atoms with Crippen LogP contribution in [0.5, 0.6) is 11.5 Å². The highest BCUT2D eigenvalue weighted by Gasteiger charge is 2.62. The Morgan fingerprint density at radius 3 is 2.03 bits per heavy atom. The van der Waals surface area contributed by atoms with E-state index < -0.39 is 61.6 Å². The lowest BCUT2D eigenvalue weighted by Gasteiger charge is -2.38. The molecule has 0 aromatic heterocycles. The molecule has 12 heteroatoms. The van der Waals surface area contributed by atoms with Gasteiger partial charge >= 0.3 is 18.3 Å². The lowest BCUT2D eigenvalue weighted by Crippen LogP contribution is -2.46. The first kappa shape index (κ1) is 30.4. The van der Waals surface area contributed by atoms with Crippen molar-refractivity contribution in [2.45, 2.75) is 68.4 Å². The van der Waals surface area contributed by atoms with Gasteiger partial charge in [-0.1, -0.05) is 24.3 Å². The summed E-state index contributed by atoms with van der Waals surface area (Å²) >= 11 is 6.05. The summed E-state index contributed by atoms with van der Waals surface area (Å²) < 4.78 is 111. The summed E-state index contributed by atoms with van der Waals surface area (Å²) in [5, 5.41) is 11.9. The smallest absolute Gasteiger partial charge is 0.453 e. The van der Waals surface area contributed by atoms with Gasteiger partial charge in [0.1, 0.15) is 11.5 Å². The van der Waals surface area contributed by atoms with E-state index >= 15 is 0 Å². The minimum absolute atomic E-state index is 0.0702. The van der Waals surface area contributed by atoms with Gasteiger partial charge in [0.2, 0.25) is 0 Å². The highest BCUT2D eigenvalue weighted by atomic mass is 35.5. The number of halogens is 9. The molecule has 0 spiro atoms. The number of aliphatic hydroxyl groups excluding tert-OH is 1. The first-order chi connectivity index (χ1) is 17.6. The number of hydrogen-bond donors (Lipinski definition) is 2. The number of nitrogens with one attached hydrogen (secondary N) is 1. The van der Waals surface area contributed by atoms with E-state index in [-0.39, 0.29) is 18.2 Å². The predicted octanol–water partition coefficient (Wildman–Crippen LogP) is 8.34. The molecule has 2 aromatic rings. The van der Waals surface area contributed by atoms with Crippen LogP contribution in [0.4, 0.5) is 35.1 Å². The molecule has 38 heavy (non-hydrogen) atoms. The van der Waals surface area contributed by atoms with E-state index in [1.165, 1.54) is 0 Å². The molecule has 1 fully saturated rings. The number of rotatable bonds is 9. The third kappa shape index (κ3) is 7.51. The van der Waals surface area contributed by atoms with Gasteiger partial charge in [-0.3, -0.25) is 0 Å². The van der Waals surface area contributed by atoms with Crippen molar-refractivity contribution in [2.75, 3.05) is 6.54 Å². The molecule has 3 rings (SSSR count). The molecule has 3 unspecified atom stereocenters. The SMILES string of the molecule is CC(Cl)c1ccc(Oc2cccc(C(NCC(O)C(F)(F)F)C3CCC(C(F)(F)C(F)(F)F)CC3)c2)cc1. The van der Waals surface area contributed by atoms with E-state index in [1.54, 1.807) is 48.5 Å². The maximum atomic E-state index is 13.9. The Balaban J connectivity index is 1.80. The molecule has 3 nitrogen and oxygen atoms in total. The van der Waals surface area contributed by atoms with Crippen LogP contribution in [0.3, 0.4) is 0 Å². The Morgan fingerprint density at radius 1 is 0.895 bits per heavy atom. The fraction of sp³-hybridized carbons (Fsp3) is 0.538. The summed E-state index contributed by atoms with van der Waals surface area (Å²) in [6.45, 7) is 0.928. The van der Waals surface area contributed by atoms with Crippen molar-refractivity contribution >= 4 is 11.6 Å². The Hall–Kier alpha value is -2.11. The molecule has 1 aliphatic rings. The summed E-state index contributed by atoms with van der Waals surface area (Å²) in [4.78, 5) is 0. The predicted molar refractivity (Wildman–Crippen MR) is 126 cm³/mol. The quantitative estimate of drug-likeness (QED) is 0.234. The van der Waals surface area contributed by atoms with Crippen LogP contribution in [-0.2, 0) is 0 Å². The number of hydrogen-bond acceptors (Lipinski definition) is 3. The molecule has 0 heterocycles. The first-order valence-corrected chi connectivity index (χ1v) is 12.5. The fourth-order valence-corrected chi connectivity index (χ4v) is 4.81. The second-order valence-electron chi connectivity index (χ2n) is 9.54. The highest BCUT2D eigenvalue weighted by molar-refractivity contribution is 6.20. The molecule has 0 radical (unpaired) electrons. The zero-order valence-electron chi connectivity index (χ0n) is 20.3. The van der Waals surface area contributed by atoms with Crippen LogP contribution in [-0.4, -0.2) is 36.0 Å². The van der Waals surface area contributed by atoms with Gasteiger partial charge < -0.3 is 15.2 Å². The van der Waals surface area contributed by atoms with Gasteiger partial charge in [0, 0.05) is 18.5 Å².